The highest BCUT2D eigenvalue weighted by Crippen LogP contribution is 2.40. The van der Waals surface area contributed by atoms with Crippen LogP contribution < -0.4 is 4.74 Å². The molecular weight excluding hydrogens is 508 g/mol. The van der Waals surface area contributed by atoms with Gasteiger partial charge in [-0.2, -0.15) is 0 Å². The molecule has 38 heavy (non-hydrogen) atoms. The zero-order valence-corrected chi connectivity index (χ0v) is 20.1. The lowest BCUT2D eigenvalue weighted by atomic mass is 9.82. The largest absolute Gasteiger partial charge is 0.508 e. The molecule has 5 atom stereocenters. The van der Waals surface area contributed by atoms with Gasteiger partial charge in [-0.15, -0.1) is 0 Å². The minimum absolute atomic E-state index is 0.0714. The Hall–Kier alpha value is -4.04. The first kappa shape index (κ1) is 27.0. The standard InChI is InChI=1S/C25H24O13/c1-9-3-11-18(13(27)4-9)22(32)19-12(20(11)30)5-10(26)6-14(19)37-25-24(34)23(33)21(31)15(38-25)8-36-17(29)7-16(28)35-2/h3-6,15,21,23-27,31,33-34H,7-8H2,1-2H3/t15-,21-,23+,24-,25-/m1/s1. The molecule has 1 saturated heterocycles. The molecule has 2 aromatic rings. The molecule has 13 heteroatoms. The van der Waals surface area contributed by atoms with Crippen LogP contribution in [0.5, 0.6) is 17.2 Å². The van der Waals surface area contributed by atoms with Gasteiger partial charge in [0.2, 0.25) is 12.1 Å². The predicted molar refractivity (Wildman–Crippen MR) is 123 cm³/mol. The summed E-state index contributed by atoms with van der Waals surface area (Å²) in [5, 5.41) is 51.6. The van der Waals surface area contributed by atoms with Gasteiger partial charge < -0.3 is 44.5 Å². The normalized spacial score (nSPS) is 24.3. The number of phenolic OH excluding ortho intramolecular Hbond substituents is 2. The maximum Gasteiger partial charge on any atom is 0.317 e. The lowest BCUT2D eigenvalue weighted by Crippen LogP contribution is -2.60. The van der Waals surface area contributed by atoms with Gasteiger partial charge >= 0.3 is 11.9 Å². The summed E-state index contributed by atoms with van der Waals surface area (Å²) in [6, 6.07) is 4.73. The third-order valence-corrected chi connectivity index (χ3v) is 6.13. The minimum atomic E-state index is -1.89. The number of rotatable bonds is 6. The van der Waals surface area contributed by atoms with Crippen molar-refractivity contribution >= 4 is 23.5 Å². The van der Waals surface area contributed by atoms with Crippen LogP contribution in [0.4, 0.5) is 0 Å². The Balaban J connectivity index is 1.62. The van der Waals surface area contributed by atoms with E-state index < -0.39 is 84.5 Å². The third-order valence-electron chi connectivity index (χ3n) is 6.13. The Bertz CT molecular complexity index is 1320. The molecule has 0 radical (unpaired) electrons. The van der Waals surface area contributed by atoms with Gasteiger partial charge in [0.25, 0.3) is 0 Å². The van der Waals surface area contributed by atoms with Gasteiger partial charge in [0.1, 0.15) is 54.7 Å². The van der Waals surface area contributed by atoms with Gasteiger partial charge in [-0.25, -0.2) is 0 Å². The maximum atomic E-state index is 13.4. The molecule has 2 aliphatic rings. The van der Waals surface area contributed by atoms with E-state index in [-0.39, 0.29) is 22.3 Å². The number of benzene rings is 2. The Labute approximate surface area is 214 Å². The zero-order chi connectivity index (χ0) is 27.9. The van der Waals surface area contributed by atoms with Gasteiger partial charge in [-0.05, 0) is 30.7 Å². The van der Waals surface area contributed by atoms with Crippen molar-refractivity contribution in [2.45, 2.75) is 44.1 Å². The average molecular weight is 532 g/mol. The van der Waals surface area contributed by atoms with Crippen LogP contribution in [0.1, 0.15) is 43.8 Å². The third kappa shape index (κ3) is 4.91. The number of carbonyl (C=O) groups excluding carboxylic acids is 4. The molecule has 0 amide bonds. The van der Waals surface area contributed by atoms with Gasteiger partial charge in [-0.3, -0.25) is 19.2 Å². The average Bonchev–Trinajstić information content (AvgIpc) is 2.85. The molecule has 1 aliphatic carbocycles. The molecule has 4 rings (SSSR count). The molecule has 0 bridgehead atoms. The number of aliphatic hydroxyl groups is 3. The molecule has 5 N–H and O–H groups in total. The number of aryl methyl sites for hydroxylation is 1. The number of aliphatic hydroxyl groups excluding tert-OH is 3. The quantitative estimate of drug-likeness (QED) is 0.200. The van der Waals surface area contributed by atoms with Gasteiger partial charge in [-0.1, -0.05) is 0 Å². The van der Waals surface area contributed by atoms with E-state index in [1.807, 2.05) is 0 Å². The molecule has 2 aromatic carbocycles. The summed E-state index contributed by atoms with van der Waals surface area (Å²) in [7, 11) is 1.07. The molecular formula is C25H24O13. The molecule has 0 unspecified atom stereocenters. The van der Waals surface area contributed by atoms with Gasteiger partial charge in [0, 0.05) is 17.2 Å². The van der Waals surface area contributed by atoms with Crippen LogP contribution in [0, 0.1) is 6.92 Å². The van der Waals surface area contributed by atoms with Crippen LogP contribution >= 0.6 is 0 Å². The maximum absolute atomic E-state index is 13.4. The number of hydrogen-bond donors (Lipinski definition) is 5. The van der Waals surface area contributed by atoms with Crippen LogP contribution in [-0.4, -0.2) is 93.5 Å². The number of ketones is 2. The highest BCUT2D eigenvalue weighted by molar-refractivity contribution is 6.30. The van der Waals surface area contributed by atoms with Crippen molar-refractivity contribution in [3.8, 4) is 17.2 Å². The Morgan fingerprint density at radius 1 is 0.895 bits per heavy atom. The first-order valence-corrected chi connectivity index (χ1v) is 11.3. The highest BCUT2D eigenvalue weighted by atomic mass is 16.7. The lowest BCUT2D eigenvalue weighted by Gasteiger charge is -2.40. The van der Waals surface area contributed by atoms with E-state index in [1.54, 1.807) is 6.92 Å². The second-order valence-electron chi connectivity index (χ2n) is 8.80. The minimum Gasteiger partial charge on any atom is -0.508 e. The Kier molecular flexibility index (Phi) is 7.37. The van der Waals surface area contributed by atoms with Gasteiger partial charge in [0.05, 0.1) is 18.2 Å². The molecule has 0 spiro atoms. The van der Waals surface area contributed by atoms with Crippen LogP contribution in [-0.2, 0) is 23.8 Å². The summed E-state index contributed by atoms with van der Waals surface area (Å²) in [5.74, 6) is -4.69. The number of hydrogen-bond acceptors (Lipinski definition) is 13. The van der Waals surface area contributed by atoms with Gasteiger partial charge in [0.15, 0.2) is 5.78 Å². The van der Waals surface area contributed by atoms with Crippen LogP contribution in [0.3, 0.4) is 0 Å². The van der Waals surface area contributed by atoms with E-state index in [0.717, 1.165) is 19.2 Å². The first-order chi connectivity index (χ1) is 17.9. The Morgan fingerprint density at radius 2 is 1.58 bits per heavy atom. The molecule has 1 aliphatic heterocycles. The van der Waals surface area contributed by atoms with E-state index in [2.05, 4.69) is 4.74 Å². The molecule has 1 fully saturated rings. The molecule has 1 heterocycles. The van der Waals surface area contributed by atoms with E-state index >= 15 is 0 Å². The summed E-state index contributed by atoms with van der Waals surface area (Å²) < 4.78 is 20.3. The summed E-state index contributed by atoms with van der Waals surface area (Å²) >= 11 is 0. The lowest BCUT2D eigenvalue weighted by molar-refractivity contribution is -0.278. The molecule has 202 valence electrons. The van der Waals surface area contributed by atoms with E-state index in [9.17, 15) is 44.7 Å². The van der Waals surface area contributed by atoms with Crippen molar-refractivity contribution in [2.75, 3.05) is 13.7 Å². The summed E-state index contributed by atoms with van der Waals surface area (Å²) in [6.07, 6.45) is -9.44. The van der Waals surface area contributed by atoms with E-state index in [4.69, 9.17) is 14.2 Å². The van der Waals surface area contributed by atoms with E-state index in [1.165, 1.54) is 12.1 Å². The Morgan fingerprint density at radius 3 is 2.26 bits per heavy atom. The predicted octanol–water partition coefficient (Wildman–Crippen LogP) is -0.526. The van der Waals surface area contributed by atoms with Crippen LogP contribution in [0.2, 0.25) is 0 Å². The van der Waals surface area contributed by atoms with Crippen molar-refractivity contribution < 1.29 is 63.7 Å². The molecule has 0 saturated carbocycles. The second-order valence-corrected chi connectivity index (χ2v) is 8.80. The number of ether oxygens (including phenoxy) is 4. The fourth-order valence-electron chi connectivity index (χ4n) is 4.26. The first-order valence-electron chi connectivity index (χ1n) is 11.3. The number of esters is 2. The molecule has 13 nitrogen and oxygen atoms in total. The molecule has 0 aromatic heterocycles. The summed E-state index contributed by atoms with van der Waals surface area (Å²) in [5.41, 5.74) is -0.400. The summed E-state index contributed by atoms with van der Waals surface area (Å²) in [6.45, 7) is 0.964. The van der Waals surface area contributed by atoms with Crippen molar-refractivity contribution in [1.29, 1.82) is 0 Å². The SMILES string of the molecule is COC(=O)CC(=O)OC[C@H]1O[C@@H](Oc2cc(O)cc3c2C(=O)c2c(O)cc(C)cc2C3=O)[C@H](O)[C@@H](O)[C@@H]1O. The van der Waals surface area contributed by atoms with Crippen molar-refractivity contribution in [3.05, 3.63) is 52.1 Å². The number of carbonyl (C=O) groups is 4. The number of fused-ring (bicyclic) bond motifs is 2. The van der Waals surface area contributed by atoms with E-state index in [0.29, 0.717) is 5.56 Å². The van der Waals surface area contributed by atoms with Crippen molar-refractivity contribution in [2.24, 2.45) is 0 Å². The fraction of sp³-hybridized carbons (Fsp3) is 0.360. The number of phenols is 2. The smallest absolute Gasteiger partial charge is 0.317 e. The second kappa shape index (κ2) is 10.4. The monoisotopic (exact) mass is 532 g/mol. The highest BCUT2D eigenvalue weighted by Gasteiger charge is 2.46. The van der Waals surface area contributed by atoms with Crippen molar-refractivity contribution in [1.82, 2.24) is 0 Å². The number of aromatic hydroxyl groups is 2. The topological polar surface area (TPSA) is 206 Å². The number of methoxy groups -OCH3 is 1. The van der Waals surface area contributed by atoms with Crippen molar-refractivity contribution in [3.63, 3.8) is 0 Å². The summed E-state index contributed by atoms with van der Waals surface area (Å²) in [4.78, 5) is 49.5. The van der Waals surface area contributed by atoms with Crippen LogP contribution in [0.25, 0.3) is 0 Å². The van der Waals surface area contributed by atoms with Crippen LogP contribution in [0.15, 0.2) is 24.3 Å². The zero-order valence-electron chi connectivity index (χ0n) is 20.1. The fourth-order valence-corrected chi connectivity index (χ4v) is 4.26.